The standard InChI is InChI=1S/C17H12I2O4/c1-2-13-15(10-4-3-9(20)7-14(10)23-13)16(21)8-5-11(18)17(22)12(19)6-8/h3-7,20,22H,2H2,1H3. The molecule has 3 rings (SSSR count). The van der Waals surface area contributed by atoms with E-state index in [0.717, 1.165) is 0 Å². The van der Waals surface area contributed by atoms with E-state index in [0.29, 0.717) is 41.4 Å². The molecule has 0 aliphatic heterocycles. The van der Waals surface area contributed by atoms with Crippen molar-refractivity contribution in [2.24, 2.45) is 0 Å². The summed E-state index contributed by atoms with van der Waals surface area (Å²) in [5.74, 6) is 0.720. The van der Waals surface area contributed by atoms with Crippen molar-refractivity contribution >= 4 is 61.9 Å². The fraction of sp³-hybridized carbons (Fsp3) is 0.118. The summed E-state index contributed by atoms with van der Waals surface area (Å²) < 4.78 is 6.97. The fourth-order valence-corrected chi connectivity index (χ4v) is 4.24. The summed E-state index contributed by atoms with van der Waals surface area (Å²) in [5, 5.41) is 20.1. The first-order valence-electron chi connectivity index (χ1n) is 6.89. The molecular formula is C17H12I2O4. The smallest absolute Gasteiger partial charge is 0.197 e. The van der Waals surface area contributed by atoms with Gasteiger partial charge in [0, 0.05) is 23.4 Å². The van der Waals surface area contributed by atoms with Crippen LogP contribution in [-0.2, 0) is 6.42 Å². The second-order valence-corrected chi connectivity index (χ2v) is 7.38. The van der Waals surface area contributed by atoms with E-state index in [9.17, 15) is 15.0 Å². The Bertz CT molecular complexity index is 905. The van der Waals surface area contributed by atoms with Gasteiger partial charge in [-0.15, -0.1) is 0 Å². The highest BCUT2D eigenvalue weighted by Crippen LogP contribution is 2.33. The molecule has 1 heterocycles. The Morgan fingerprint density at radius 3 is 2.39 bits per heavy atom. The van der Waals surface area contributed by atoms with Crippen LogP contribution in [-0.4, -0.2) is 16.0 Å². The van der Waals surface area contributed by atoms with Crippen LogP contribution in [0.4, 0.5) is 0 Å². The maximum Gasteiger partial charge on any atom is 0.197 e. The maximum absolute atomic E-state index is 13.0. The first kappa shape index (κ1) is 16.6. The number of hydrogen-bond acceptors (Lipinski definition) is 4. The van der Waals surface area contributed by atoms with Crippen LogP contribution in [0.25, 0.3) is 11.0 Å². The van der Waals surface area contributed by atoms with Crippen LogP contribution in [0.3, 0.4) is 0 Å². The van der Waals surface area contributed by atoms with Crippen molar-refractivity contribution in [3.05, 3.63) is 54.4 Å². The molecular weight excluding hydrogens is 522 g/mol. The van der Waals surface area contributed by atoms with Crippen molar-refractivity contribution in [3.63, 3.8) is 0 Å². The normalized spacial score (nSPS) is 11.1. The minimum Gasteiger partial charge on any atom is -0.508 e. The molecule has 3 aromatic rings. The molecule has 0 radical (unpaired) electrons. The summed E-state index contributed by atoms with van der Waals surface area (Å²) in [5.41, 5.74) is 1.51. The Kier molecular flexibility index (Phi) is 4.54. The highest BCUT2D eigenvalue weighted by Gasteiger charge is 2.22. The summed E-state index contributed by atoms with van der Waals surface area (Å²) in [6.45, 7) is 1.92. The second-order valence-electron chi connectivity index (χ2n) is 5.05. The molecule has 0 saturated carbocycles. The number of carbonyl (C=O) groups excluding carboxylic acids is 1. The molecule has 2 N–H and O–H groups in total. The lowest BCUT2D eigenvalue weighted by Crippen LogP contribution is -2.04. The Hall–Kier alpha value is -1.29. The lowest BCUT2D eigenvalue weighted by atomic mass is 9.99. The van der Waals surface area contributed by atoms with Gasteiger partial charge in [0.25, 0.3) is 0 Å². The van der Waals surface area contributed by atoms with Crippen LogP contribution in [0.2, 0.25) is 0 Å². The molecule has 0 amide bonds. The molecule has 0 aliphatic rings. The first-order chi connectivity index (χ1) is 10.9. The van der Waals surface area contributed by atoms with E-state index in [1.54, 1.807) is 24.3 Å². The molecule has 4 nitrogen and oxygen atoms in total. The van der Waals surface area contributed by atoms with E-state index < -0.39 is 0 Å². The fourth-order valence-electron chi connectivity index (χ4n) is 2.47. The summed E-state index contributed by atoms with van der Waals surface area (Å²) in [4.78, 5) is 13.0. The molecule has 23 heavy (non-hydrogen) atoms. The van der Waals surface area contributed by atoms with E-state index >= 15 is 0 Å². The summed E-state index contributed by atoms with van der Waals surface area (Å²) >= 11 is 4.01. The molecule has 0 saturated heterocycles. The Balaban J connectivity index is 2.21. The molecule has 0 bridgehead atoms. The molecule has 1 aromatic heterocycles. The number of aryl methyl sites for hydroxylation is 1. The van der Waals surface area contributed by atoms with Crippen molar-refractivity contribution in [1.29, 1.82) is 0 Å². The number of phenols is 2. The zero-order valence-electron chi connectivity index (χ0n) is 12.1. The summed E-state index contributed by atoms with van der Waals surface area (Å²) in [6, 6.07) is 8.07. The molecule has 0 aliphatic carbocycles. The van der Waals surface area contributed by atoms with Gasteiger partial charge in [-0.2, -0.15) is 0 Å². The third kappa shape index (κ3) is 2.93. The SMILES string of the molecule is CCc1oc2cc(O)ccc2c1C(=O)c1cc(I)c(O)c(I)c1. The van der Waals surface area contributed by atoms with Crippen LogP contribution >= 0.6 is 45.2 Å². The van der Waals surface area contributed by atoms with Gasteiger partial charge in [-0.05, 0) is 69.4 Å². The number of carbonyl (C=O) groups is 1. The summed E-state index contributed by atoms with van der Waals surface area (Å²) in [7, 11) is 0. The van der Waals surface area contributed by atoms with Crippen molar-refractivity contribution in [3.8, 4) is 11.5 Å². The number of rotatable bonds is 3. The molecule has 0 fully saturated rings. The predicted octanol–water partition coefficient (Wildman–Crippen LogP) is 4.85. The quantitative estimate of drug-likeness (QED) is 0.373. The van der Waals surface area contributed by atoms with Crippen molar-refractivity contribution in [2.45, 2.75) is 13.3 Å². The van der Waals surface area contributed by atoms with Crippen LogP contribution in [0, 0.1) is 7.14 Å². The molecule has 0 unspecified atom stereocenters. The average molecular weight is 534 g/mol. The maximum atomic E-state index is 13.0. The van der Waals surface area contributed by atoms with Gasteiger partial charge in [0.2, 0.25) is 0 Å². The van der Waals surface area contributed by atoms with Crippen LogP contribution in [0.1, 0.15) is 28.6 Å². The number of ketones is 1. The summed E-state index contributed by atoms with van der Waals surface area (Å²) in [6.07, 6.45) is 0.572. The molecule has 6 heteroatoms. The zero-order chi connectivity index (χ0) is 16.7. The highest BCUT2D eigenvalue weighted by molar-refractivity contribution is 14.1. The van der Waals surface area contributed by atoms with Gasteiger partial charge >= 0.3 is 0 Å². The molecule has 0 atom stereocenters. The van der Waals surface area contributed by atoms with E-state index in [4.69, 9.17) is 4.42 Å². The van der Waals surface area contributed by atoms with Gasteiger partial charge in [-0.3, -0.25) is 4.79 Å². The Labute approximate surface area is 159 Å². The van der Waals surface area contributed by atoms with Gasteiger partial charge in [0.15, 0.2) is 5.78 Å². The number of aromatic hydroxyl groups is 2. The van der Waals surface area contributed by atoms with Crippen LogP contribution in [0.15, 0.2) is 34.7 Å². The monoisotopic (exact) mass is 534 g/mol. The third-order valence-corrected chi connectivity index (χ3v) is 5.22. The number of fused-ring (bicyclic) bond motifs is 1. The minimum absolute atomic E-state index is 0.0987. The van der Waals surface area contributed by atoms with Crippen molar-refractivity contribution < 1.29 is 19.4 Å². The van der Waals surface area contributed by atoms with Gasteiger partial charge in [0.1, 0.15) is 22.8 Å². The predicted molar refractivity (Wildman–Crippen MR) is 104 cm³/mol. The van der Waals surface area contributed by atoms with Crippen LogP contribution < -0.4 is 0 Å². The highest BCUT2D eigenvalue weighted by atomic mass is 127. The number of phenolic OH excluding ortho intramolecular Hbond substituents is 2. The van der Waals surface area contributed by atoms with E-state index in [1.165, 1.54) is 6.07 Å². The molecule has 2 aromatic carbocycles. The van der Waals surface area contributed by atoms with E-state index in [2.05, 4.69) is 0 Å². The minimum atomic E-state index is -0.151. The van der Waals surface area contributed by atoms with Gasteiger partial charge in [-0.1, -0.05) is 6.92 Å². The zero-order valence-corrected chi connectivity index (χ0v) is 16.4. The Morgan fingerprint density at radius 1 is 1.13 bits per heavy atom. The second kappa shape index (κ2) is 6.31. The lowest BCUT2D eigenvalue weighted by Gasteiger charge is -2.06. The lowest BCUT2D eigenvalue weighted by molar-refractivity contribution is 0.103. The Morgan fingerprint density at radius 2 is 1.78 bits per heavy atom. The van der Waals surface area contributed by atoms with Gasteiger partial charge < -0.3 is 14.6 Å². The van der Waals surface area contributed by atoms with Crippen molar-refractivity contribution in [2.75, 3.05) is 0 Å². The topological polar surface area (TPSA) is 70.7 Å². The largest absolute Gasteiger partial charge is 0.508 e. The van der Waals surface area contributed by atoms with E-state index in [1.807, 2.05) is 52.1 Å². The van der Waals surface area contributed by atoms with Gasteiger partial charge in [0.05, 0.1) is 12.7 Å². The number of furan rings is 1. The number of hydrogen-bond donors (Lipinski definition) is 2. The molecule has 118 valence electrons. The third-order valence-electron chi connectivity index (χ3n) is 3.57. The number of benzene rings is 2. The first-order valence-corrected chi connectivity index (χ1v) is 9.05. The van der Waals surface area contributed by atoms with E-state index in [-0.39, 0.29) is 17.3 Å². The van der Waals surface area contributed by atoms with Gasteiger partial charge in [-0.25, -0.2) is 0 Å². The van der Waals surface area contributed by atoms with Crippen LogP contribution in [0.5, 0.6) is 11.5 Å². The number of halogens is 2. The molecule has 0 spiro atoms. The average Bonchev–Trinajstić information content (AvgIpc) is 2.88. The van der Waals surface area contributed by atoms with Crippen molar-refractivity contribution in [1.82, 2.24) is 0 Å².